The van der Waals surface area contributed by atoms with Gasteiger partial charge in [-0.05, 0) is 64.2 Å². The molecule has 1 amide bonds. The summed E-state index contributed by atoms with van der Waals surface area (Å²) in [5, 5.41) is 4.30. The van der Waals surface area contributed by atoms with Gasteiger partial charge in [-0.25, -0.2) is 4.79 Å². The van der Waals surface area contributed by atoms with Gasteiger partial charge in [-0.2, -0.15) is 0 Å². The summed E-state index contributed by atoms with van der Waals surface area (Å²) in [5.74, 6) is 0.0240. The number of nitrogens with zero attached hydrogens (tertiary/aromatic N) is 2. The number of benzene rings is 1. The van der Waals surface area contributed by atoms with E-state index in [0.717, 1.165) is 32.4 Å². The Morgan fingerprint density at radius 1 is 1.05 bits per heavy atom. The Labute approximate surface area is 248 Å². The fraction of sp³-hybridized carbons (Fsp3) is 0.581. The Balaban J connectivity index is 1.98. The molecule has 2 atom stereocenters. The Kier molecular flexibility index (Phi) is 14.3. The fourth-order valence-corrected chi connectivity index (χ4v) is 4.49. The highest BCUT2D eigenvalue weighted by molar-refractivity contribution is 6.00. The summed E-state index contributed by atoms with van der Waals surface area (Å²) < 4.78 is 28.2. The number of carbonyl (C=O) groups excluding carboxylic acids is 2. The highest BCUT2D eigenvalue weighted by Crippen LogP contribution is 2.32. The summed E-state index contributed by atoms with van der Waals surface area (Å²) in [6.07, 6.45) is 11.4. The number of nitrogens with two attached hydrogens (primary N) is 1. The van der Waals surface area contributed by atoms with Crippen molar-refractivity contribution in [3.8, 4) is 11.5 Å². The monoisotopic (exact) mass is 587 g/mol. The van der Waals surface area contributed by atoms with E-state index >= 15 is 0 Å². The van der Waals surface area contributed by atoms with Gasteiger partial charge in [0.15, 0.2) is 20.2 Å². The fourth-order valence-electron chi connectivity index (χ4n) is 4.49. The number of amides is 1. The third kappa shape index (κ3) is 11.1. The zero-order chi connectivity index (χ0) is 30.2. The number of ether oxygens (including phenoxy) is 5. The highest BCUT2D eigenvalue weighted by atomic mass is 16.7. The molecule has 0 aromatic heterocycles. The van der Waals surface area contributed by atoms with Crippen molar-refractivity contribution in [1.29, 1.82) is 0 Å². The first-order valence-electron chi connectivity index (χ1n) is 14.8. The number of cyclic esters (lactones) is 1. The summed E-state index contributed by atoms with van der Waals surface area (Å²) in [6, 6.07) is 3.12. The second kappa shape index (κ2) is 18.2. The number of piperidine rings is 1. The van der Waals surface area contributed by atoms with Crippen LogP contribution in [0.2, 0.25) is 0 Å². The predicted octanol–water partition coefficient (Wildman–Crippen LogP) is 4.14. The van der Waals surface area contributed by atoms with E-state index in [9.17, 15) is 9.59 Å². The summed E-state index contributed by atoms with van der Waals surface area (Å²) in [4.78, 5) is 33.6. The van der Waals surface area contributed by atoms with Crippen LogP contribution in [0.5, 0.6) is 11.5 Å². The first kappa shape index (κ1) is 33.1. The molecule has 2 N–H and O–H groups in total. The van der Waals surface area contributed by atoms with Crippen molar-refractivity contribution in [3.05, 3.63) is 47.6 Å². The molecular formula is C31H45N3O8. The van der Waals surface area contributed by atoms with E-state index in [1.807, 2.05) is 39.0 Å². The second-order valence-electron chi connectivity index (χ2n) is 10.1. The number of oxime groups is 1. The first-order chi connectivity index (χ1) is 20.4. The molecule has 232 valence electrons. The molecule has 0 aliphatic carbocycles. The Hall–Kier alpha value is -3.41. The molecule has 1 aromatic carbocycles. The van der Waals surface area contributed by atoms with Crippen LogP contribution < -0.4 is 15.2 Å². The normalized spacial score (nSPS) is 22.4. The van der Waals surface area contributed by atoms with Gasteiger partial charge in [0.2, 0.25) is 0 Å². The van der Waals surface area contributed by atoms with Crippen LogP contribution in [0.1, 0.15) is 68.8 Å². The number of rotatable bonds is 11. The summed E-state index contributed by atoms with van der Waals surface area (Å²) >= 11 is 0. The molecule has 1 aromatic rings. The number of carbonyl (C=O) groups is 2. The Bertz CT molecular complexity index is 1100. The molecule has 11 heteroatoms. The maximum Gasteiger partial charge on any atom is 0.342 e. The second-order valence-corrected chi connectivity index (χ2v) is 10.1. The lowest BCUT2D eigenvalue weighted by Crippen LogP contribution is -2.37. The smallest absolute Gasteiger partial charge is 0.342 e. The van der Waals surface area contributed by atoms with E-state index in [-0.39, 0.29) is 49.9 Å². The number of fused-ring (bicyclic) bond motifs is 1. The third-order valence-electron chi connectivity index (χ3n) is 6.70. The number of likely N-dealkylation sites (tertiary alicyclic amines) is 1. The topological polar surface area (TPSA) is 131 Å². The van der Waals surface area contributed by atoms with Crippen LogP contribution in [-0.2, 0) is 30.3 Å². The van der Waals surface area contributed by atoms with Gasteiger partial charge in [-0.3, -0.25) is 4.79 Å². The molecule has 42 heavy (non-hydrogen) atoms. The van der Waals surface area contributed by atoms with E-state index in [2.05, 4.69) is 5.16 Å². The average molecular weight is 588 g/mol. The molecule has 0 spiro atoms. The van der Waals surface area contributed by atoms with Crippen LogP contribution in [-0.4, -0.2) is 81.1 Å². The van der Waals surface area contributed by atoms with Crippen molar-refractivity contribution >= 4 is 17.6 Å². The van der Waals surface area contributed by atoms with Crippen molar-refractivity contribution < 1.29 is 38.1 Å². The molecule has 1 saturated heterocycles. The zero-order valence-electron chi connectivity index (χ0n) is 25.0. The minimum Gasteiger partial charge on any atom is -0.467 e. The standard InChI is InChI=1S/C31H45N3O8/c1-4-37-21-39-27-18-24-17-26(33-41-20-29(35)34-15-7-6-8-16-34)14-10-13-25(32)12-9-11-23(3)42-31(36)30(24)28(19-27)40-22-38-5-2/h9-10,12,14,18-19,23,25H,4-8,11,13,15-17,20-22,32H2,1-3H3/b12-9+,14-10+,33-26?/t23-,25-/m1/s1. The highest BCUT2D eigenvalue weighted by Gasteiger charge is 2.24. The van der Waals surface area contributed by atoms with Gasteiger partial charge in [0, 0.05) is 51.3 Å². The number of hydrogen-bond donors (Lipinski definition) is 1. The van der Waals surface area contributed by atoms with Gasteiger partial charge in [-0.1, -0.05) is 23.4 Å². The van der Waals surface area contributed by atoms with Gasteiger partial charge in [-0.15, -0.1) is 0 Å². The molecule has 3 rings (SSSR count). The molecule has 1 fully saturated rings. The molecule has 0 bridgehead atoms. The molecular weight excluding hydrogens is 542 g/mol. The molecule has 0 radical (unpaired) electrons. The Morgan fingerprint density at radius 3 is 2.52 bits per heavy atom. The third-order valence-corrected chi connectivity index (χ3v) is 6.70. The van der Waals surface area contributed by atoms with Gasteiger partial charge in [0.25, 0.3) is 5.91 Å². The molecule has 11 nitrogen and oxygen atoms in total. The SMILES string of the molecule is CCOCOc1cc2c(c(OCOCC)c1)C(=O)O[C@H](C)C/C=C/[C@@H](N)C/C=C/C(=NOCC(=O)N1CCCCC1)C2. The summed E-state index contributed by atoms with van der Waals surface area (Å²) in [6.45, 7) is 7.70. The van der Waals surface area contributed by atoms with Gasteiger partial charge < -0.3 is 39.2 Å². The van der Waals surface area contributed by atoms with E-state index in [4.69, 9.17) is 34.3 Å². The quantitative estimate of drug-likeness (QED) is 0.133. The largest absolute Gasteiger partial charge is 0.467 e. The van der Waals surface area contributed by atoms with Crippen LogP contribution in [0.3, 0.4) is 0 Å². The van der Waals surface area contributed by atoms with Crippen molar-refractivity contribution in [3.63, 3.8) is 0 Å². The summed E-state index contributed by atoms with van der Waals surface area (Å²) in [5.41, 5.74) is 7.49. The van der Waals surface area contributed by atoms with Crippen LogP contribution in [0.15, 0.2) is 41.6 Å². The predicted molar refractivity (Wildman–Crippen MR) is 159 cm³/mol. The van der Waals surface area contributed by atoms with Crippen molar-refractivity contribution in [2.45, 2.75) is 71.4 Å². The van der Waals surface area contributed by atoms with Crippen molar-refractivity contribution in [1.82, 2.24) is 4.90 Å². The van der Waals surface area contributed by atoms with E-state index in [1.165, 1.54) is 0 Å². The minimum atomic E-state index is -0.556. The lowest BCUT2D eigenvalue weighted by Gasteiger charge is -2.26. The lowest BCUT2D eigenvalue weighted by atomic mass is 9.99. The van der Waals surface area contributed by atoms with Gasteiger partial charge >= 0.3 is 5.97 Å². The zero-order valence-corrected chi connectivity index (χ0v) is 25.0. The molecule has 2 heterocycles. The lowest BCUT2D eigenvalue weighted by molar-refractivity contribution is -0.137. The molecule has 0 unspecified atom stereocenters. The maximum atomic E-state index is 13.6. The van der Waals surface area contributed by atoms with E-state index in [1.54, 1.807) is 23.1 Å². The first-order valence-corrected chi connectivity index (χ1v) is 14.8. The summed E-state index contributed by atoms with van der Waals surface area (Å²) in [7, 11) is 0. The van der Waals surface area contributed by atoms with Crippen LogP contribution >= 0.6 is 0 Å². The molecule has 2 aliphatic heterocycles. The molecule has 0 saturated carbocycles. The van der Waals surface area contributed by atoms with Crippen LogP contribution in [0, 0.1) is 0 Å². The van der Waals surface area contributed by atoms with Crippen molar-refractivity contribution in [2.24, 2.45) is 10.9 Å². The average Bonchev–Trinajstić information content (AvgIpc) is 2.97. The molecule has 2 aliphatic rings. The maximum absolute atomic E-state index is 13.6. The number of hydrogen-bond acceptors (Lipinski definition) is 10. The van der Waals surface area contributed by atoms with E-state index < -0.39 is 12.1 Å². The van der Waals surface area contributed by atoms with Crippen LogP contribution in [0.25, 0.3) is 0 Å². The Morgan fingerprint density at radius 2 is 1.79 bits per heavy atom. The van der Waals surface area contributed by atoms with E-state index in [0.29, 0.717) is 43.1 Å². The van der Waals surface area contributed by atoms with Gasteiger partial charge in [0.1, 0.15) is 23.2 Å². The van der Waals surface area contributed by atoms with Crippen molar-refractivity contribution in [2.75, 3.05) is 46.5 Å². The van der Waals surface area contributed by atoms with Crippen LogP contribution in [0.4, 0.5) is 0 Å². The van der Waals surface area contributed by atoms with Gasteiger partial charge in [0.05, 0.1) is 5.71 Å². The minimum absolute atomic E-state index is 0.0223. The number of esters is 1. The number of allylic oxidation sites excluding steroid dienone is 1.